The second-order valence-corrected chi connectivity index (χ2v) is 6.78. The molecule has 2 heterocycles. The van der Waals surface area contributed by atoms with E-state index in [-0.39, 0.29) is 29.7 Å². The number of anilines is 1. The topological polar surface area (TPSA) is 110 Å². The van der Waals surface area contributed by atoms with Crippen LogP contribution in [0.3, 0.4) is 0 Å². The molecule has 8 nitrogen and oxygen atoms in total. The number of nitrogen functional groups attached to an aromatic ring is 1. The summed E-state index contributed by atoms with van der Waals surface area (Å²) in [6.45, 7) is 3.61. The summed E-state index contributed by atoms with van der Waals surface area (Å²) < 4.78 is 27.7. The van der Waals surface area contributed by atoms with Crippen LogP contribution in [-0.4, -0.2) is 47.0 Å². The van der Waals surface area contributed by atoms with Crippen molar-refractivity contribution in [3.05, 3.63) is 6.20 Å². The third-order valence-corrected chi connectivity index (χ3v) is 5.26. The van der Waals surface area contributed by atoms with Crippen molar-refractivity contribution < 1.29 is 13.2 Å². The average Bonchev–Trinajstić information content (AvgIpc) is 2.62. The van der Waals surface area contributed by atoms with Gasteiger partial charge in [0, 0.05) is 26.3 Å². The Labute approximate surface area is 111 Å². The van der Waals surface area contributed by atoms with Crippen LogP contribution in [0, 0.1) is 0 Å². The van der Waals surface area contributed by atoms with Crippen molar-refractivity contribution in [2.24, 2.45) is 7.05 Å². The van der Waals surface area contributed by atoms with Crippen molar-refractivity contribution in [3.63, 3.8) is 0 Å². The Morgan fingerprint density at radius 2 is 2.11 bits per heavy atom. The zero-order valence-electron chi connectivity index (χ0n) is 11.0. The van der Waals surface area contributed by atoms with Gasteiger partial charge in [0.25, 0.3) is 0 Å². The number of amides is 1. The van der Waals surface area contributed by atoms with Crippen molar-refractivity contribution in [1.29, 1.82) is 0 Å². The first-order chi connectivity index (χ1) is 8.67. The average molecular weight is 287 g/mol. The number of aryl methyl sites for hydroxylation is 1. The van der Waals surface area contributed by atoms with E-state index in [1.807, 2.05) is 0 Å². The number of hydrogen-bond acceptors (Lipinski definition) is 5. The molecule has 0 atom stereocenters. The van der Waals surface area contributed by atoms with E-state index in [4.69, 9.17) is 5.73 Å². The molecule has 0 unspecified atom stereocenters. The van der Waals surface area contributed by atoms with Gasteiger partial charge in [-0.3, -0.25) is 9.48 Å². The highest BCUT2D eigenvalue weighted by Crippen LogP contribution is 2.28. The molecule has 1 amide bonds. The molecule has 106 valence electrons. The number of carbonyl (C=O) groups is 1. The Morgan fingerprint density at radius 3 is 2.63 bits per heavy atom. The molecule has 1 saturated heterocycles. The number of rotatable bonds is 2. The van der Waals surface area contributed by atoms with E-state index < -0.39 is 15.6 Å². The van der Waals surface area contributed by atoms with Crippen LogP contribution >= 0.6 is 0 Å². The lowest BCUT2D eigenvalue weighted by molar-refractivity contribution is -0.131. The van der Waals surface area contributed by atoms with Crippen LogP contribution in [0.4, 0.5) is 5.82 Å². The van der Waals surface area contributed by atoms with Gasteiger partial charge in [-0.05, 0) is 13.8 Å². The molecule has 1 aromatic rings. The van der Waals surface area contributed by atoms with E-state index in [2.05, 4.69) is 10.4 Å². The minimum atomic E-state index is -3.85. The zero-order chi connectivity index (χ0) is 14.4. The molecule has 1 aliphatic rings. The van der Waals surface area contributed by atoms with Crippen LogP contribution in [-0.2, 0) is 21.9 Å². The number of nitrogens with two attached hydrogens (primary N) is 1. The summed E-state index contributed by atoms with van der Waals surface area (Å²) in [6.07, 6.45) is 1.34. The highest BCUT2D eigenvalue weighted by atomic mass is 32.2. The second kappa shape index (κ2) is 4.20. The number of nitrogens with one attached hydrogen (secondary N) is 1. The van der Waals surface area contributed by atoms with Crippen molar-refractivity contribution in [1.82, 2.24) is 19.4 Å². The summed E-state index contributed by atoms with van der Waals surface area (Å²) in [7, 11) is -2.26. The smallest absolute Gasteiger partial charge is 0.249 e. The number of aromatic nitrogens is 2. The van der Waals surface area contributed by atoms with Gasteiger partial charge in [-0.1, -0.05) is 0 Å². The van der Waals surface area contributed by atoms with Crippen LogP contribution in [0.1, 0.15) is 13.8 Å². The summed E-state index contributed by atoms with van der Waals surface area (Å²) in [6, 6.07) is 0. The molecule has 9 heteroatoms. The summed E-state index contributed by atoms with van der Waals surface area (Å²) in [5.41, 5.74) is 4.47. The first kappa shape index (κ1) is 13.8. The Kier molecular flexibility index (Phi) is 3.06. The van der Waals surface area contributed by atoms with E-state index in [9.17, 15) is 13.2 Å². The molecule has 0 bridgehead atoms. The van der Waals surface area contributed by atoms with Gasteiger partial charge in [0.1, 0.15) is 10.4 Å². The molecule has 0 spiro atoms. The van der Waals surface area contributed by atoms with Crippen LogP contribution in [0.25, 0.3) is 0 Å². The van der Waals surface area contributed by atoms with Gasteiger partial charge >= 0.3 is 0 Å². The minimum Gasteiger partial charge on any atom is -0.381 e. The third-order valence-electron chi connectivity index (χ3n) is 3.17. The maximum Gasteiger partial charge on any atom is 0.249 e. The van der Waals surface area contributed by atoms with Crippen molar-refractivity contribution >= 4 is 21.7 Å². The maximum atomic E-state index is 12.6. The number of hydrogen-bond donors (Lipinski definition) is 2. The number of carbonyl (C=O) groups excluding carboxylic acids is 1. The lowest BCUT2D eigenvalue weighted by Gasteiger charge is -2.39. The predicted molar refractivity (Wildman–Crippen MR) is 68.6 cm³/mol. The van der Waals surface area contributed by atoms with E-state index in [1.54, 1.807) is 20.9 Å². The Bertz CT molecular complexity index is 619. The molecular formula is C10H17N5O3S. The van der Waals surface area contributed by atoms with E-state index >= 15 is 0 Å². The largest absolute Gasteiger partial charge is 0.381 e. The van der Waals surface area contributed by atoms with Crippen molar-refractivity contribution in [2.75, 3.05) is 18.8 Å². The molecule has 0 saturated carbocycles. The number of sulfonamides is 1. The highest BCUT2D eigenvalue weighted by molar-refractivity contribution is 7.89. The number of piperazine rings is 1. The molecule has 2 rings (SSSR count). The minimum absolute atomic E-state index is 0.0655. The maximum absolute atomic E-state index is 12.6. The molecule has 1 aliphatic heterocycles. The fourth-order valence-electron chi connectivity index (χ4n) is 2.10. The first-order valence-electron chi connectivity index (χ1n) is 5.77. The monoisotopic (exact) mass is 287 g/mol. The summed E-state index contributed by atoms with van der Waals surface area (Å²) in [4.78, 5) is 11.8. The van der Waals surface area contributed by atoms with Gasteiger partial charge in [-0.25, -0.2) is 8.42 Å². The Hall–Kier alpha value is -1.61. The fraction of sp³-hybridized carbons (Fsp3) is 0.600. The normalized spacial score (nSPS) is 20.3. The van der Waals surface area contributed by atoms with Gasteiger partial charge < -0.3 is 11.1 Å². The summed E-state index contributed by atoms with van der Waals surface area (Å²) in [5.74, 6) is -0.394. The van der Waals surface area contributed by atoms with Gasteiger partial charge in [-0.2, -0.15) is 9.40 Å². The highest BCUT2D eigenvalue weighted by Gasteiger charge is 2.45. The quantitative estimate of drug-likeness (QED) is 0.717. The van der Waals surface area contributed by atoms with Crippen molar-refractivity contribution in [2.45, 2.75) is 24.3 Å². The molecule has 0 aliphatic carbocycles. The first-order valence-corrected chi connectivity index (χ1v) is 7.21. The molecular weight excluding hydrogens is 270 g/mol. The molecule has 1 fully saturated rings. The fourth-order valence-corrected chi connectivity index (χ4v) is 3.95. The van der Waals surface area contributed by atoms with Crippen LogP contribution in [0.5, 0.6) is 0 Å². The van der Waals surface area contributed by atoms with Crippen LogP contribution < -0.4 is 11.1 Å². The lowest BCUT2D eigenvalue weighted by atomic mass is 10.0. The lowest BCUT2D eigenvalue weighted by Crippen LogP contribution is -2.63. The van der Waals surface area contributed by atoms with Crippen molar-refractivity contribution in [3.8, 4) is 0 Å². The zero-order valence-corrected chi connectivity index (χ0v) is 11.9. The van der Waals surface area contributed by atoms with Crippen LogP contribution in [0.15, 0.2) is 11.1 Å². The van der Waals surface area contributed by atoms with Gasteiger partial charge in [0.2, 0.25) is 15.9 Å². The predicted octanol–water partition coefficient (Wildman–Crippen LogP) is -1.10. The Balaban J connectivity index is 2.50. The molecule has 0 aromatic carbocycles. The molecule has 1 aromatic heterocycles. The molecule has 19 heavy (non-hydrogen) atoms. The number of nitrogens with zero attached hydrogens (tertiary/aromatic N) is 3. The standard InChI is InChI=1S/C10H17N5O3S/c1-10(2)9(16)12-4-5-15(10)19(17,18)7-6-14(3)13-8(7)11/h6H,4-5H2,1-3H3,(H2,11,13)(H,12,16). The Morgan fingerprint density at radius 1 is 1.47 bits per heavy atom. The third kappa shape index (κ3) is 2.08. The molecule has 3 N–H and O–H groups in total. The van der Waals surface area contributed by atoms with E-state index in [1.165, 1.54) is 10.9 Å². The van der Waals surface area contributed by atoms with Gasteiger partial charge in [-0.15, -0.1) is 0 Å². The SMILES string of the molecule is Cn1cc(S(=O)(=O)N2CCNC(=O)C2(C)C)c(N)n1. The summed E-state index contributed by atoms with van der Waals surface area (Å²) >= 11 is 0. The van der Waals surface area contributed by atoms with Crippen LogP contribution in [0.2, 0.25) is 0 Å². The van der Waals surface area contributed by atoms with Gasteiger partial charge in [0.05, 0.1) is 0 Å². The second-order valence-electron chi connectivity index (χ2n) is 4.94. The van der Waals surface area contributed by atoms with E-state index in [0.29, 0.717) is 0 Å². The van der Waals surface area contributed by atoms with Gasteiger partial charge in [0.15, 0.2) is 5.82 Å². The molecule has 0 radical (unpaired) electrons. The summed E-state index contributed by atoms with van der Waals surface area (Å²) in [5, 5.41) is 6.48. The van der Waals surface area contributed by atoms with E-state index in [0.717, 1.165) is 4.31 Å².